The van der Waals surface area contributed by atoms with Crippen LogP contribution >= 0.6 is 11.8 Å². The Morgan fingerprint density at radius 2 is 1.88 bits per heavy atom. The zero-order chi connectivity index (χ0) is 17.5. The third-order valence-electron chi connectivity index (χ3n) is 3.46. The van der Waals surface area contributed by atoms with Crippen molar-refractivity contribution in [2.45, 2.75) is 17.9 Å². The first-order chi connectivity index (χ1) is 11.5. The van der Waals surface area contributed by atoms with E-state index in [1.54, 1.807) is 36.2 Å². The molecule has 2 rings (SSSR count). The summed E-state index contributed by atoms with van der Waals surface area (Å²) in [5.74, 6) is 0.0417. The Kier molecular flexibility index (Phi) is 6.61. The molecule has 1 amide bonds. The van der Waals surface area contributed by atoms with Gasteiger partial charge in [0.05, 0.1) is 7.11 Å². The zero-order valence-electron chi connectivity index (χ0n) is 13.6. The van der Waals surface area contributed by atoms with Gasteiger partial charge >= 0.3 is 0 Å². The largest absolute Gasteiger partial charge is 0.494 e. The number of hydrogen-bond donors (Lipinski definition) is 0. The maximum Gasteiger partial charge on any atom is 0.223 e. The highest BCUT2D eigenvalue weighted by molar-refractivity contribution is 7.99. The highest BCUT2D eigenvalue weighted by Crippen LogP contribution is 2.20. The molecule has 24 heavy (non-hydrogen) atoms. The highest BCUT2D eigenvalue weighted by atomic mass is 32.2. The van der Waals surface area contributed by atoms with Gasteiger partial charge in [0.15, 0.2) is 11.6 Å². The van der Waals surface area contributed by atoms with E-state index in [1.807, 2.05) is 0 Å². The number of rotatable bonds is 7. The van der Waals surface area contributed by atoms with E-state index >= 15 is 0 Å². The number of nitrogens with zero attached hydrogens (tertiary/aromatic N) is 1. The van der Waals surface area contributed by atoms with Gasteiger partial charge in [-0.1, -0.05) is 6.07 Å². The number of halogens is 2. The van der Waals surface area contributed by atoms with Crippen LogP contribution in [0.2, 0.25) is 0 Å². The molecule has 0 atom stereocenters. The summed E-state index contributed by atoms with van der Waals surface area (Å²) in [4.78, 5) is 14.6. The Morgan fingerprint density at radius 1 is 1.17 bits per heavy atom. The van der Waals surface area contributed by atoms with Crippen molar-refractivity contribution in [3.63, 3.8) is 0 Å². The van der Waals surface area contributed by atoms with Crippen LogP contribution in [0.5, 0.6) is 5.75 Å². The van der Waals surface area contributed by atoms with Gasteiger partial charge in [-0.25, -0.2) is 8.78 Å². The fourth-order valence-electron chi connectivity index (χ4n) is 2.15. The number of thioether (sulfide) groups is 1. The van der Waals surface area contributed by atoms with Crippen molar-refractivity contribution in [1.29, 1.82) is 0 Å². The lowest BCUT2D eigenvalue weighted by Gasteiger charge is -2.17. The number of carbonyl (C=O) groups is 1. The molecule has 0 saturated heterocycles. The minimum Gasteiger partial charge on any atom is -0.494 e. The second-order valence-corrected chi connectivity index (χ2v) is 6.44. The molecule has 2 aromatic rings. The predicted octanol–water partition coefficient (Wildman–Crippen LogP) is 4.11. The van der Waals surface area contributed by atoms with E-state index < -0.39 is 5.82 Å². The van der Waals surface area contributed by atoms with Crippen molar-refractivity contribution in [2.24, 2.45) is 0 Å². The second-order valence-electron chi connectivity index (χ2n) is 5.27. The van der Waals surface area contributed by atoms with Gasteiger partial charge in [0.2, 0.25) is 5.91 Å². The number of ether oxygens (including phenoxy) is 1. The molecule has 0 unspecified atom stereocenters. The van der Waals surface area contributed by atoms with Crippen molar-refractivity contribution in [2.75, 3.05) is 19.9 Å². The first-order valence-corrected chi connectivity index (χ1v) is 8.43. The molecule has 0 spiro atoms. The van der Waals surface area contributed by atoms with Crippen molar-refractivity contribution in [3.05, 3.63) is 59.7 Å². The molecule has 0 N–H and O–H groups in total. The van der Waals surface area contributed by atoms with E-state index in [9.17, 15) is 13.6 Å². The van der Waals surface area contributed by atoms with Gasteiger partial charge in [-0.15, -0.1) is 11.8 Å². The van der Waals surface area contributed by atoms with E-state index in [1.165, 1.54) is 37.1 Å². The molecule has 2 aromatic carbocycles. The van der Waals surface area contributed by atoms with Crippen LogP contribution in [0.3, 0.4) is 0 Å². The minimum absolute atomic E-state index is 0.0270. The Hall–Kier alpha value is -2.08. The molecule has 0 aliphatic heterocycles. The summed E-state index contributed by atoms with van der Waals surface area (Å²) < 4.78 is 31.4. The summed E-state index contributed by atoms with van der Waals surface area (Å²) >= 11 is 1.50. The molecule has 0 fully saturated rings. The normalized spacial score (nSPS) is 10.5. The van der Waals surface area contributed by atoms with E-state index in [4.69, 9.17) is 4.74 Å². The summed E-state index contributed by atoms with van der Waals surface area (Å²) in [6, 6.07) is 10.8. The standard InChI is InChI=1S/C18H19F2NO2S/c1-21(12-13-3-8-17(23-2)16(20)11-13)18(22)9-10-24-15-6-4-14(19)5-7-15/h3-8,11H,9-10,12H2,1-2H3. The maximum absolute atomic E-state index is 13.7. The summed E-state index contributed by atoms with van der Waals surface area (Å²) in [6.07, 6.45) is 0.358. The van der Waals surface area contributed by atoms with Crippen molar-refractivity contribution in [1.82, 2.24) is 4.90 Å². The molecule has 3 nitrogen and oxygen atoms in total. The van der Waals surface area contributed by atoms with Crippen LogP contribution in [0.1, 0.15) is 12.0 Å². The number of carbonyl (C=O) groups excluding carboxylic acids is 1. The Morgan fingerprint density at radius 3 is 2.50 bits per heavy atom. The monoisotopic (exact) mass is 351 g/mol. The van der Waals surface area contributed by atoms with E-state index in [-0.39, 0.29) is 17.5 Å². The summed E-state index contributed by atoms with van der Waals surface area (Å²) in [7, 11) is 3.10. The molecule has 0 radical (unpaired) electrons. The number of benzene rings is 2. The molecular formula is C18H19F2NO2S. The molecule has 0 bridgehead atoms. The van der Waals surface area contributed by atoms with Gasteiger partial charge in [-0.05, 0) is 42.0 Å². The molecule has 0 aromatic heterocycles. The van der Waals surface area contributed by atoms with Crippen LogP contribution in [-0.2, 0) is 11.3 Å². The number of hydrogen-bond acceptors (Lipinski definition) is 3. The summed E-state index contributed by atoms with van der Waals surface area (Å²) in [5, 5.41) is 0. The van der Waals surface area contributed by atoms with Crippen LogP contribution in [0.4, 0.5) is 8.78 Å². The molecule has 0 aliphatic rings. The molecule has 0 heterocycles. The van der Waals surface area contributed by atoms with E-state index in [0.717, 1.165) is 4.90 Å². The average molecular weight is 351 g/mol. The van der Waals surface area contributed by atoms with Gasteiger partial charge in [0.25, 0.3) is 0 Å². The van der Waals surface area contributed by atoms with Crippen LogP contribution in [0.15, 0.2) is 47.4 Å². The Bertz CT molecular complexity index is 692. The smallest absolute Gasteiger partial charge is 0.223 e. The third kappa shape index (κ3) is 5.23. The Labute approximate surface area is 144 Å². The second kappa shape index (κ2) is 8.68. The summed E-state index contributed by atoms with van der Waals surface area (Å²) in [6.45, 7) is 0.334. The van der Waals surface area contributed by atoms with Gasteiger partial charge in [-0.2, -0.15) is 0 Å². The topological polar surface area (TPSA) is 29.5 Å². The number of amides is 1. The molecule has 6 heteroatoms. The summed E-state index contributed by atoms with van der Waals surface area (Å²) in [5.41, 5.74) is 0.704. The van der Waals surface area contributed by atoms with Gasteiger partial charge in [0, 0.05) is 30.7 Å². The SMILES string of the molecule is COc1ccc(CN(C)C(=O)CCSc2ccc(F)cc2)cc1F. The van der Waals surface area contributed by atoms with Crippen LogP contribution in [-0.4, -0.2) is 30.7 Å². The fourth-order valence-corrected chi connectivity index (χ4v) is 2.99. The molecule has 0 aliphatic carbocycles. The highest BCUT2D eigenvalue weighted by Gasteiger charge is 2.11. The van der Waals surface area contributed by atoms with E-state index in [0.29, 0.717) is 24.3 Å². The van der Waals surface area contributed by atoms with Crippen LogP contribution in [0.25, 0.3) is 0 Å². The minimum atomic E-state index is -0.442. The first kappa shape index (κ1) is 18.3. The lowest BCUT2D eigenvalue weighted by molar-refractivity contribution is -0.129. The lowest BCUT2D eigenvalue weighted by atomic mass is 10.2. The van der Waals surface area contributed by atoms with Gasteiger partial charge < -0.3 is 9.64 Å². The van der Waals surface area contributed by atoms with Gasteiger partial charge in [-0.3, -0.25) is 4.79 Å². The predicted molar refractivity (Wildman–Crippen MR) is 91.2 cm³/mol. The van der Waals surface area contributed by atoms with Crippen LogP contribution < -0.4 is 4.74 Å². The average Bonchev–Trinajstić information content (AvgIpc) is 2.56. The fraction of sp³-hybridized carbons (Fsp3) is 0.278. The van der Waals surface area contributed by atoms with Crippen molar-refractivity contribution < 1.29 is 18.3 Å². The third-order valence-corrected chi connectivity index (χ3v) is 4.47. The molecule has 0 saturated carbocycles. The lowest BCUT2D eigenvalue weighted by Crippen LogP contribution is -2.26. The zero-order valence-corrected chi connectivity index (χ0v) is 14.4. The van der Waals surface area contributed by atoms with E-state index in [2.05, 4.69) is 0 Å². The first-order valence-electron chi connectivity index (χ1n) is 7.44. The van der Waals surface area contributed by atoms with Gasteiger partial charge in [0.1, 0.15) is 5.82 Å². The molecular weight excluding hydrogens is 332 g/mol. The Balaban J connectivity index is 1.81. The van der Waals surface area contributed by atoms with Crippen molar-refractivity contribution >= 4 is 17.7 Å². The quantitative estimate of drug-likeness (QED) is 0.703. The van der Waals surface area contributed by atoms with Crippen LogP contribution in [0, 0.1) is 11.6 Å². The maximum atomic E-state index is 13.7. The van der Waals surface area contributed by atoms with Crippen molar-refractivity contribution in [3.8, 4) is 5.75 Å². The molecule has 128 valence electrons. The number of methoxy groups -OCH3 is 1.